The van der Waals surface area contributed by atoms with E-state index in [2.05, 4.69) is 0 Å². The van der Waals surface area contributed by atoms with Crippen molar-refractivity contribution in [1.82, 2.24) is 0 Å². The van der Waals surface area contributed by atoms with Crippen LogP contribution in [-0.2, 0) is 22.6 Å². The topological polar surface area (TPSA) is 44.8 Å². The minimum atomic E-state index is -0.358. The van der Waals surface area contributed by atoms with Crippen molar-refractivity contribution in [3.8, 4) is 11.5 Å². The van der Waals surface area contributed by atoms with Gasteiger partial charge in [-0.25, -0.2) is 0 Å². The van der Waals surface area contributed by atoms with Gasteiger partial charge in [-0.05, 0) is 34.9 Å². The average molecular weight is 374 g/mol. The van der Waals surface area contributed by atoms with Gasteiger partial charge in [-0.1, -0.05) is 60.7 Å². The number of ether oxygens (including phenoxy) is 3. The first-order chi connectivity index (χ1) is 13.7. The van der Waals surface area contributed by atoms with E-state index in [1.54, 1.807) is 0 Å². The molecular weight excluding hydrogens is 352 g/mol. The van der Waals surface area contributed by atoms with Crippen molar-refractivity contribution in [3.63, 3.8) is 0 Å². The molecule has 4 heteroatoms. The summed E-state index contributed by atoms with van der Waals surface area (Å²) in [6.07, 6.45) is -0.0717. The van der Waals surface area contributed by atoms with Crippen LogP contribution in [0.5, 0.6) is 11.5 Å². The van der Waals surface area contributed by atoms with E-state index in [0.717, 1.165) is 28.2 Å². The molecule has 0 radical (unpaired) electrons. The maximum atomic E-state index is 11.6. The lowest BCUT2D eigenvalue weighted by atomic mass is 9.94. The van der Waals surface area contributed by atoms with E-state index in [1.807, 2.05) is 78.9 Å². The van der Waals surface area contributed by atoms with Gasteiger partial charge in [0.2, 0.25) is 0 Å². The third-order valence-electron chi connectivity index (χ3n) is 4.76. The zero-order valence-corrected chi connectivity index (χ0v) is 15.7. The van der Waals surface area contributed by atoms with Crippen molar-refractivity contribution in [2.45, 2.75) is 32.2 Å². The maximum Gasteiger partial charge on any atom is 0.303 e. The van der Waals surface area contributed by atoms with Crippen LogP contribution in [0.4, 0.5) is 0 Å². The molecule has 4 nitrogen and oxygen atoms in total. The highest BCUT2D eigenvalue weighted by molar-refractivity contribution is 5.66. The fourth-order valence-corrected chi connectivity index (χ4v) is 3.42. The smallest absolute Gasteiger partial charge is 0.303 e. The predicted octanol–water partition coefficient (Wildman–Crippen LogP) is 4.87. The number of carbonyl (C=O) groups is 1. The molecule has 2 atom stereocenters. The van der Waals surface area contributed by atoms with E-state index < -0.39 is 0 Å². The van der Waals surface area contributed by atoms with Crippen LogP contribution in [0.1, 0.15) is 29.7 Å². The normalized spacial score (nSPS) is 17.9. The summed E-state index contributed by atoms with van der Waals surface area (Å²) in [4.78, 5) is 11.6. The van der Waals surface area contributed by atoms with Gasteiger partial charge in [0, 0.05) is 13.3 Å². The second kappa shape index (κ2) is 8.17. The second-order valence-corrected chi connectivity index (χ2v) is 6.84. The lowest BCUT2D eigenvalue weighted by Gasteiger charge is -2.33. The van der Waals surface area contributed by atoms with Gasteiger partial charge < -0.3 is 14.2 Å². The van der Waals surface area contributed by atoms with Gasteiger partial charge in [-0.15, -0.1) is 0 Å². The quantitative estimate of drug-likeness (QED) is 0.598. The Labute approximate surface area is 164 Å². The number of rotatable bonds is 5. The molecule has 28 heavy (non-hydrogen) atoms. The number of para-hydroxylation sites is 1. The van der Waals surface area contributed by atoms with Gasteiger partial charge in [0.25, 0.3) is 0 Å². The van der Waals surface area contributed by atoms with Crippen LogP contribution >= 0.6 is 0 Å². The molecule has 3 aromatic rings. The first kappa shape index (κ1) is 18.1. The fourth-order valence-electron chi connectivity index (χ4n) is 3.42. The van der Waals surface area contributed by atoms with E-state index in [0.29, 0.717) is 13.0 Å². The summed E-state index contributed by atoms with van der Waals surface area (Å²) in [5.74, 6) is 1.31. The first-order valence-electron chi connectivity index (χ1n) is 9.37. The fraction of sp³-hybridized carbons (Fsp3) is 0.208. The molecule has 0 aromatic heterocycles. The Bertz CT molecular complexity index is 934. The third-order valence-corrected chi connectivity index (χ3v) is 4.76. The number of esters is 1. The van der Waals surface area contributed by atoms with E-state index in [4.69, 9.17) is 14.2 Å². The van der Waals surface area contributed by atoms with E-state index in [1.165, 1.54) is 6.92 Å². The lowest BCUT2D eigenvalue weighted by molar-refractivity contribution is -0.152. The Balaban J connectivity index is 1.50. The minimum absolute atomic E-state index is 0.305. The minimum Gasteiger partial charge on any atom is -0.489 e. The molecule has 0 unspecified atom stereocenters. The van der Waals surface area contributed by atoms with E-state index in [-0.39, 0.29) is 18.2 Å². The molecule has 1 aliphatic heterocycles. The van der Waals surface area contributed by atoms with Crippen LogP contribution in [0, 0.1) is 0 Å². The Hall–Kier alpha value is -3.27. The molecule has 4 rings (SSSR count). The molecule has 0 bridgehead atoms. The molecule has 142 valence electrons. The van der Waals surface area contributed by atoms with Crippen molar-refractivity contribution in [2.75, 3.05) is 0 Å². The summed E-state index contributed by atoms with van der Waals surface area (Å²) >= 11 is 0. The molecule has 1 aliphatic rings. The molecule has 0 amide bonds. The van der Waals surface area contributed by atoms with Gasteiger partial charge in [0.05, 0.1) is 0 Å². The Kier molecular flexibility index (Phi) is 5.29. The van der Waals surface area contributed by atoms with Crippen LogP contribution in [0.2, 0.25) is 0 Å². The highest BCUT2D eigenvalue weighted by Crippen LogP contribution is 2.37. The van der Waals surface area contributed by atoms with Gasteiger partial charge in [0.15, 0.2) is 6.10 Å². The zero-order valence-electron chi connectivity index (χ0n) is 15.7. The molecule has 0 aliphatic carbocycles. The Morgan fingerprint density at radius 3 is 2.43 bits per heavy atom. The number of carbonyl (C=O) groups excluding carboxylic acids is 1. The summed E-state index contributed by atoms with van der Waals surface area (Å²) < 4.78 is 17.6. The Morgan fingerprint density at radius 1 is 0.964 bits per heavy atom. The zero-order chi connectivity index (χ0) is 19.3. The summed E-state index contributed by atoms with van der Waals surface area (Å²) in [5.41, 5.74) is 3.12. The summed E-state index contributed by atoms with van der Waals surface area (Å²) in [7, 11) is 0. The number of hydrogen-bond acceptors (Lipinski definition) is 4. The predicted molar refractivity (Wildman–Crippen MR) is 106 cm³/mol. The molecule has 0 N–H and O–H groups in total. The second-order valence-electron chi connectivity index (χ2n) is 6.84. The van der Waals surface area contributed by atoms with Crippen LogP contribution < -0.4 is 9.47 Å². The van der Waals surface area contributed by atoms with Crippen LogP contribution in [0.15, 0.2) is 78.9 Å². The van der Waals surface area contributed by atoms with Crippen molar-refractivity contribution < 1.29 is 19.0 Å². The highest BCUT2D eigenvalue weighted by atomic mass is 16.6. The monoisotopic (exact) mass is 374 g/mol. The molecular formula is C24H22O4. The van der Waals surface area contributed by atoms with Gasteiger partial charge in [0.1, 0.15) is 24.2 Å². The molecule has 0 spiro atoms. The molecule has 1 heterocycles. The maximum absolute atomic E-state index is 11.6. The highest BCUT2D eigenvalue weighted by Gasteiger charge is 2.33. The lowest BCUT2D eigenvalue weighted by Crippen LogP contribution is -2.34. The van der Waals surface area contributed by atoms with Crippen LogP contribution in [-0.4, -0.2) is 12.1 Å². The largest absolute Gasteiger partial charge is 0.489 e. The first-order valence-corrected chi connectivity index (χ1v) is 9.37. The summed E-state index contributed by atoms with van der Waals surface area (Å²) in [6.45, 7) is 1.95. The summed E-state index contributed by atoms with van der Waals surface area (Å²) in [5, 5.41) is 0. The van der Waals surface area contributed by atoms with Gasteiger partial charge in [-0.2, -0.15) is 0 Å². The van der Waals surface area contributed by atoms with Crippen LogP contribution in [0.3, 0.4) is 0 Å². The van der Waals surface area contributed by atoms with Crippen molar-refractivity contribution in [2.24, 2.45) is 0 Å². The van der Waals surface area contributed by atoms with Crippen molar-refractivity contribution in [1.29, 1.82) is 0 Å². The van der Waals surface area contributed by atoms with Crippen molar-refractivity contribution >= 4 is 5.97 Å². The molecule has 3 aromatic carbocycles. The molecule has 0 saturated heterocycles. The number of hydrogen-bond donors (Lipinski definition) is 0. The Morgan fingerprint density at radius 2 is 1.68 bits per heavy atom. The van der Waals surface area contributed by atoms with Crippen molar-refractivity contribution in [3.05, 3.63) is 95.6 Å². The molecule has 0 fully saturated rings. The number of benzene rings is 3. The SMILES string of the molecule is CC(=O)O[C@H]1Cc2ccccc2O[C@H]1c1ccc(OCc2ccccc2)cc1. The van der Waals surface area contributed by atoms with E-state index >= 15 is 0 Å². The van der Waals surface area contributed by atoms with Crippen LogP contribution in [0.25, 0.3) is 0 Å². The van der Waals surface area contributed by atoms with E-state index in [9.17, 15) is 4.79 Å². The van der Waals surface area contributed by atoms with Gasteiger partial charge in [-0.3, -0.25) is 4.79 Å². The molecule has 0 saturated carbocycles. The standard InChI is InChI=1S/C24H22O4/c1-17(25)27-23-15-20-9-5-6-10-22(20)28-24(23)19-11-13-21(14-12-19)26-16-18-7-3-2-4-8-18/h2-14,23-24H,15-16H2,1H3/t23-,24-/m0/s1. The average Bonchev–Trinajstić information content (AvgIpc) is 2.72. The number of fused-ring (bicyclic) bond motifs is 1. The summed E-state index contributed by atoms with van der Waals surface area (Å²) in [6, 6.07) is 25.7. The third kappa shape index (κ3) is 4.17. The van der Waals surface area contributed by atoms with Gasteiger partial charge >= 0.3 is 5.97 Å².